The van der Waals surface area contributed by atoms with Crippen molar-refractivity contribution in [1.82, 2.24) is 5.06 Å². The quantitative estimate of drug-likeness (QED) is 0.613. The largest absolute Gasteiger partial charge is 0.285 e. The topological polar surface area (TPSA) is 46.6 Å². The van der Waals surface area contributed by atoms with E-state index in [1.165, 1.54) is 6.42 Å². The minimum Gasteiger partial charge on any atom is -0.266 e. The van der Waals surface area contributed by atoms with Crippen molar-refractivity contribution in [1.29, 1.82) is 0 Å². The van der Waals surface area contributed by atoms with Crippen molar-refractivity contribution in [3.63, 3.8) is 0 Å². The third kappa shape index (κ3) is 2.39. The van der Waals surface area contributed by atoms with Crippen molar-refractivity contribution < 1.29 is 14.4 Å². The molecule has 1 atom stereocenters. The first kappa shape index (κ1) is 13.1. The Balaban J connectivity index is 1.77. The second-order valence-electron chi connectivity index (χ2n) is 5.16. The summed E-state index contributed by atoms with van der Waals surface area (Å²) in [5.74, 6) is -0.720. The third-order valence-corrected chi connectivity index (χ3v) is 3.71. The van der Waals surface area contributed by atoms with Gasteiger partial charge in [-0.2, -0.15) is 0 Å². The summed E-state index contributed by atoms with van der Waals surface area (Å²) in [6.45, 7) is 0. The first-order chi connectivity index (χ1) is 9.77. The van der Waals surface area contributed by atoms with E-state index in [2.05, 4.69) is 6.08 Å². The lowest BCUT2D eigenvalue weighted by molar-refractivity contribution is -0.119. The lowest BCUT2D eigenvalue weighted by Crippen LogP contribution is -2.34. The van der Waals surface area contributed by atoms with Gasteiger partial charge in [0.25, 0.3) is 11.8 Å². The molecule has 1 aromatic rings. The zero-order valence-corrected chi connectivity index (χ0v) is 11.2. The fourth-order valence-corrected chi connectivity index (χ4v) is 2.61. The first-order valence-electron chi connectivity index (χ1n) is 7.08. The van der Waals surface area contributed by atoms with Crippen LogP contribution in [0.4, 0.5) is 0 Å². The molecule has 3 rings (SSSR count). The highest BCUT2D eigenvalue weighted by atomic mass is 16.7. The van der Waals surface area contributed by atoms with Crippen molar-refractivity contribution in [2.75, 3.05) is 0 Å². The maximum absolute atomic E-state index is 12.2. The van der Waals surface area contributed by atoms with Gasteiger partial charge in [0.2, 0.25) is 0 Å². The van der Waals surface area contributed by atoms with E-state index in [0.29, 0.717) is 11.1 Å². The summed E-state index contributed by atoms with van der Waals surface area (Å²) in [4.78, 5) is 30.0. The number of carbonyl (C=O) groups excluding carboxylic acids is 2. The molecule has 1 aromatic carbocycles. The van der Waals surface area contributed by atoms with Crippen LogP contribution in [0.15, 0.2) is 36.4 Å². The zero-order chi connectivity index (χ0) is 13.9. The smallest absolute Gasteiger partial charge is 0.266 e. The van der Waals surface area contributed by atoms with Crippen LogP contribution >= 0.6 is 0 Å². The molecule has 0 N–H and O–H groups in total. The minimum absolute atomic E-state index is 0.197. The Labute approximate surface area is 118 Å². The molecule has 0 unspecified atom stereocenters. The Morgan fingerprint density at radius 3 is 2.40 bits per heavy atom. The number of fused-ring (bicyclic) bond motifs is 1. The maximum Gasteiger partial charge on any atom is 0.285 e. The second-order valence-corrected chi connectivity index (χ2v) is 5.16. The van der Waals surface area contributed by atoms with Gasteiger partial charge in [0, 0.05) is 0 Å². The Morgan fingerprint density at radius 2 is 1.70 bits per heavy atom. The van der Waals surface area contributed by atoms with E-state index in [9.17, 15) is 9.59 Å². The summed E-state index contributed by atoms with van der Waals surface area (Å²) in [6.07, 6.45) is 9.11. The Kier molecular flexibility index (Phi) is 3.65. The van der Waals surface area contributed by atoms with E-state index in [4.69, 9.17) is 4.84 Å². The van der Waals surface area contributed by atoms with Gasteiger partial charge in [-0.1, -0.05) is 37.1 Å². The van der Waals surface area contributed by atoms with Crippen LogP contribution in [0.5, 0.6) is 0 Å². The van der Waals surface area contributed by atoms with Crippen molar-refractivity contribution in [3.05, 3.63) is 47.5 Å². The van der Waals surface area contributed by atoms with Gasteiger partial charge >= 0.3 is 0 Å². The van der Waals surface area contributed by atoms with Gasteiger partial charge in [-0.05, 0) is 31.4 Å². The number of benzene rings is 1. The predicted octanol–water partition coefficient (Wildman–Crippen LogP) is 3.10. The summed E-state index contributed by atoms with van der Waals surface area (Å²) in [6, 6.07) is 6.83. The lowest BCUT2D eigenvalue weighted by Gasteiger charge is -2.21. The Bertz CT molecular complexity index is 530. The number of hydrogen-bond acceptors (Lipinski definition) is 3. The molecule has 4 heteroatoms. The van der Waals surface area contributed by atoms with Gasteiger partial charge in [-0.15, -0.1) is 5.06 Å². The van der Waals surface area contributed by atoms with Gasteiger partial charge in [-0.25, -0.2) is 0 Å². The number of carbonyl (C=O) groups is 2. The van der Waals surface area contributed by atoms with E-state index in [1.807, 2.05) is 6.08 Å². The van der Waals surface area contributed by atoms with Gasteiger partial charge in [0.1, 0.15) is 6.10 Å². The van der Waals surface area contributed by atoms with Crippen LogP contribution in [0.3, 0.4) is 0 Å². The van der Waals surface area contributed by atoms with Crippen LogP contribution in [-0.2, 0) is 4.84 Å². The van der Waals surface area contributed by atoms with Gasteiger partial charge in [0.05, 0.1) is 11.1 Å². The van der Waals surface area contributed by atoms with Crippen LogP contribution in [0.25, 0.3) is 0 Å². The van der Waals surface area contributed by atoms with Crippen LogP contribution in [0.2, 0.25) is 0 Å². The van der Waals surface area contributed by atoms with E-state index >= 15 is 0 Å². The molecule has 2 aliphatic rings. The molecule has 0 radical (unpaired) electrons. The highest BCUT2D eigenvalue weighted by molar-refractivity contribution is 6.20. The summed E-state index contributed by atoms with van der Waals surface area (Å²) in [7, 11) is 0. The molecule has 1 heterocycles. The Hall–Kier alpha value is -1.94. The van der Waals surface area contributed by atoms with Crippen LogP contribution in [0, 0.1) is 0 Å². The standard InChI is InChI=1S/C16H17NO3/c18-15-13-10-6-7-11-14(13)16(19)17(15)20-12-8-4-2-1-3-5-9-12/h4,6-8,10-12H,1-3,5,9H2/t12-/m0/s1. The van der Waals surface area contributed by atoms with E-state index in [0.717, 1.165) is 30.7 Å². The molecule has 0 fully saturated rings. The molecule has 0 saturated heterocycles. The average molecular weight is 271 g/mol. The number of allylic oxidation sites excluding steroid dienone is 1. The zero-order valence-electron chi connectivity index (χ0n) is 11.2. The van der Waals surface area contributed by atoms with Crippen LogP contribution in [0.1, 0.15) is 52.8 Å². The Morgan fingerprint density at radius 1 is 1.00 bits per heavy atom. The summed E-state index contributed by atoms with van der Waals surface area (Å²) >= 11 is 0. The number of hydrogen-bond donors (Lipinski definition) is 0. The van der Waals surface area contributed by atoms with Crippen LogP contribution in [-0.4, -0.2) is 23.0 Å². The maximum atomic E-state index is 12.2. The highest BCUT2D eigenvalue weighted by Crippen LogP contribution is 2.25. The molecule has 0 saturated carbocycles. The SMILES string of the molecule is O=C1c2ccccc2C(=O)N1O[C@H]1C=CCCCCC1. The lowest BCUT2D eigenvalue weighted by atomic mass is 10.0. The molecule has 4 nitrogen and oxygen atoms in total. The minimum atomic E-state index is -0.360. The van der Waals surface area contributed by atoms with Crippen molar-refractivity contribution in [2.24, 2.45) is 0 Å². The molecule has 1 aliphatic carbocycles. The summed E-state index contributed by atoms with van der Waals surface area (Å²) in [5.41, 5.74) is 0.847. The van der Waals surface area contributed by atoms with Crippen molar-refractivity contribution >= 4 is 11.8 Å². The first-order valence-corrected chi connectivity index (χ1v) is 7.08. The second kappa shape index (κ2) is 5.59. The van der Waals surface area contributed by atoms with Gasteiger partial charge in [0.15, 0.2) is 0 Å². The summed E-state index contributed by atoms with van der Waals surface area (Å²) in [5, 5.41) is 0.918. The molecule has 0 spiro atoms. The number of imide groups is 1. The number of amides is 2. The molecule has 2 amide bonds. The average Bonchev–Trinajstić information content (AvgIpc) is 2.67. The predicted molar refractivity (Wildman–Crippen MR) is 74.0 cm³/mol. The molecule has 0 bridgehead atoms. The monoisotopic (exact) mass is 271 g/mol. The van der Waals surface area contributed by atoms with Crippen LogP contribution < -0.4 is 0 Å². The fourth-order valence-electron chi connectivity index (χ4n) is 2.61. The summed E-state index contributed by atoms with van der Waals surface area (Å²) < 4.78 is 0. The normalized spacial score (nSPS) is 22.6. The molecular weight excluding hydrogens is 254 g/mol. The van der Waals surface area contributed by atoms with E-state index in [1.54, 1.807) is 24.3 Å². The molecule has 1 aliphatic heterocycles. The highest BCUT2D eigenvalue weighted by Gasteiger charge is 2.37. The fraction of sp³-hybridized carbons (Fsp3) is 0.375. The molecular formula is C16H17NO3. The number of rotatable bonds is 2. The van der Waals surface area contributed by atoms with E-state index in [-0.39, 0.29) is 17.9 Å². The molecule has 0 aromatic heterocycles. The van der Waals surface area contributed by atoms with Gasteiger partial charge < -0.3 is 0 Å². The third-order valence-electron chi connectivity index (χ3n) is 3.71. The van der Waals surface area contributed by atoms with Crippen molar-refractivity contribution in [3.8, 4) is 0 Å². The van der Waals surface area contributed by atoms with Gasteiger partial charge in [-0.3, -0.25) is 14.4 Å². The number of nitrogens with zero attached hydrogens (tertiary/aromatic N) is 1. The molecule has 20 heavy (non-hydrogen) atoms. The number of hydroxylamine groups is 2. The van der Waals surface area contributed by atoms with Crippen molar-refractivity contribution in [2.45, 2.75) is 38.2 Å². The van der Waals surface area contributed by atoms with E-state index < -0.39 is 0 Å². The molecule has 104 valence electrons.